The first-order chi connectivity index (χ1) is 15.9. The SMILES string of the molecule is CC(C)(O)C1CCN(Cc2nc3c(N4CCOCC4)nc(Cl)nc3n2C2CCCCO2)CC1. The number of likely N-dealkylation sites (tertiary alicyclic amines) is 1. The molecule has 2 aromatic rings. The normalized spacial score (nSPS) is 24.0. The summed E-state index contributed by atoms with van der Waals surface area (Å²) in [6, 6.07) is 0. The van der Waals surface area contributed by atoms with Gasteiger partial charge in [-0.3, -0.25) is 9.47 Å². The van der Waals surface area contributed by atoms with Crippen molar-refractivity contribution in [2.75, 3.05) is 50.9 Å². The van der Waals surface area contributed by atoms with E-state index in [1.165, 1.54) is 0 Å². The maximum atomic E-state index is 10.4. The highest BCUT2D eigenvalue weighted by Crippen LogP contribution is 2.34. The average molecular weight is 479 g/mol. The van der Waals surface area contributed by atoms with E-state index in [2.05, 4.69) is 24.3 Å². The quantitative estimate of drug-likeness (QED) is 0.656. The van der Waals surface area contributed by atoms with Gasteiger partial charge in [0, 0.05) is 19.7 Å². The number of aromatic nitrogens is 4. The number of rotatable bonds is 5. The monoisotopic (exact) mass is 478 g/mol. The standard InChI is InChI=1S/C23H35ClN6O3/c1-23(2,31)16-6-8-28(9-7-16)15-17-25-19-20(29-10-13-32-14-11-29)26-22(24)27-21(19)30(17)18-5-3-4-12-33-18/h16,18,31H,3-15H2,1-2H3. The van der Waals surface area contributed by atoms with E-state index in [9.17, 15) is 5.11 Å². The van der Waals surface area contributed by atoms with Crippen molar-refractivity contribution in [2.24, 2.45) is 5.92 Å². The molecule has 9 nitrogen and oxygen atoms in total. The molecule has 0 spiro atoms. The van der Waals surface area contributed by atoms with Crippen molar-refractivity contribution < 1.29 is 14.6 Å². The first kappa shape index (κ1) is 23.2. The number of ether oxygens (including phenoxy) is 2. The minimum atomic E-state index is -0.630. The van der Waals surface area contributed by atoms with Crippen LogP contribution in [0.2, 0.25) is 5.28 Å². The third kappa shape index (κ3) is 4.98. The molecule has 10 heteroatoms. The molecule has 0 aliphatic carbocycles. The van der Waals surface area contributed by atoms with Crippen molar-refractivity contribution in [1.82, 2.24) is 24.4 Å². The highest BCUT2D eigenvalue weighted by Gasteiger charge is 2.32. The fraction of sp³-hybridized carbons (Fsp3) is 0.783. The second kappa shape index (κ2) is 9.62. The smallest absolute Gasteiger partial charge is 0.226 e. The summed E-state index contributed by atoms with van der Waals surface area (Å²) < 4.78 is 13.9. The number of piperidine rings is 1. The van der Waals surface area contributed by atoms with Gasteiger partial charge >= 0.3 is 0 Å². The molecule has 3 aliphatic heterocycles. The van der Waals surface area contributed by atoms with E-state index in [4.69, 9.17) is 26.1 Å². The number of halogens is 1. The molecule has 5 heterocycles. The lowest BCUT2D eigenvalue weighted by Crippen LogP contribution is -2.42. The molecule has 1 atom stereocenters. The maximum absolute atomic E-state index is 10.4. The Hall–Kier alpha value is -1.52. The van der Waals surface area contributed by atoms with Crippen molar-refractivity contribution in [3.05, 3.63) is 11.1 Å². The van der Waals surface area contributed by atoms with Crippen LogP contribution in [0, 0.1) is 5.92 Å². The van der Waals surface area contributed by atoms with Crippen molar-refractivity contribution in [2.45, 2.75) is 64.3 Å². The highest BCUT2D eigenvalue weighted by atomic mass is 35.5. The summed E-state index contributed by atoms with van der Waals surface area (Å²) in [4.78, 5) is 18.9. The molecule has 0 bridgehead atoms. The summed E-state index contributed by atoms with van der Waals surface area (Å²) >= 11 is 6.42. The van der Waals surface area contributed by atoms with Crippen LogP contribution in [0.5, 0.6) is 0 Å². The zero-order valence-corrected chi connectivity index (χ0v) is 20.4. The van der Waals surface area contributed by atoms with E-state index in [0.717, 1.165) is 94.2 Å². The third-order valence-corrected chi connectivity index (χ3v) is 7.44. The van der Waals surface area contributed by atoms with Gasteiger partial charge in [-0.15, -0.1) is 0 Å². The minimum Gasteiger partial charge on any atom is -0.390 e. The third-order valence-electron chi connectivity index (χ3n) is 7.27. The van der Waals surface area contributed by atoms with E-state index in [1.54, 1.807) is 0 Å². The van der Waals surface area contributed by atoms with Crippen LogP contribution in [0.4, 0.5) is 5.82 Å². The van der Waals surface area contributed by atoms with Gasteiger partial charge in [0.15, 0.2) is 17.0 Å². The summed E-state index contributed by atoms with van der Waals surface area (Å²) in [5.74, 6) is 2.06. The lowest BCUT2D eigenvalue weighted by Gasteiger charge is -2.37. The number of hydrogen-bond donors (Lipinski definition) is 1. The molecular weight excluding hydrogens is 444 g/mol. The predicted molar refractivity (Wildman–Crippen MR) is 127 cm³/mol. The first-order valence-corrected chi connectivity index (χ1v) is 12.6. The zero-order chi connectivity index (χ0) is 23.0. The van der Waals surface area contributed by atoms with Crippen LogP contribution >= 0.6 is 11.6 Å². The molecule has 33 heavy (non-hydrogen) atoms. The zero-order valence-electron chi connectivity index (χ0n) is 19.7. The Morgan fingerprint density at radius 2 is 1.76 bits per heavy atom. The van der Waals surface area contributed by atoms with Gasteiger partial charge in [0.1, 0.15) is 12.1 Å². The minimum absolute atomic E-state index is 0.0869. The number of fused-ring (bicyclic) bond motifs is 1. The predicted octanol–water partition coefficient (Wildman–Crippen LogP) is 3.00. The fourth-order valence-electron chi connectivity index (χ4n) is 5.31. The van der Waals surface area contributed by atoms with E-state index in [0.29, 0.717) is 19.1 Å². The van der Waals surface area contributed by atoms with Crippen LogP contribution in [0.3, 0.4) is 0 Å². The molecule has 1 unspecified atom stereocenters. The van der Waals surface area contributed by atoms with Crippen molar-refractivity contribution in [3.8, 4) is 0 Å². The van der Waals surface area contributed by atoms with E-state index in [-0.39, 0.29) is 11.5 Å². The Labute approximate surface area is 200 Å². The summed E-state index contributed by atoms with van der Waals surface area (Å²) in [7, 11) is 0. The van der Waals surface area contributed by atoms with Crippen LogP contribution in [0.25, 0.3) is 11.2 Å². The summed E-state index contributed by atoms with van der Waals surface area (Å²) in [5, 5.41) is 10.7. The lowest BCUT2D eigenvalue weighted by atomic mass is 9.83. The number of nitrogens with zero attached hydrogens (tertiary/aromatic N) is 6. The summed E-state index contributed by atoms with van der Waals surface area (Å²) in [5.41, 5.74) is 0.913. The molecule has 182 valence electrons. The van der Waals surface area contributed by atoms with Gasteiger partial charge < -0.3 is 19.5 Å². The topological polar surface area (TPSA) is 88.8 Å². The molecule has 5 rings (SSSR count). The Morgan fingerprint density at radius 3 is 2.42 bits per heavy atom. The van der Waals surface area contributed by atoms with Gasteiger partial charge in [-0.25, -0.2) is 4.98 Å². The van der Waals surface area contributed by atoms with E-state index >= 15 is 0 Å². The summed E-state index contributed by atoms with van der Waals surface area (Å²) in [6.45, 7) is 10.0. The Kier molecular flexibility index (Phi) is 6.77. The molecule has 0 saturated carbocycles. The molecule has 3 aliphatic rings. The van der Waals surface area contributed by atoms with Gasteiger partial charge in [-0.2, -0.15) is 9.97 Å². The highest BCUT2D eigenvalue weighted by molar-refractivity contribution is 6.28. The number of morpholine rings is 1. The summed E-state index contributed by atoms with van der Waals surface area (Å²) in [6.07, 6.45) is 5.01. The van der Waals surface area contributed by atoms with Crippen molar-refractivity contribution in [3.63, 3.8) is 0 Å². The maximum Gasteiger partial charge on any atom is 0.226 e. The van der Waals surface area contributed by atoms with Crippen molar-refractivity contribution in [1.29, 1.82) is 0 Å². The fourth-order valence-corrected chi connectivity index (χ4v) is 5.47. The first-order valence-electron chi connectivity index (χ1n) is 12.2. The second-order valence-electron chi connectivity index (χ2n) is 10.0. The van der Waals surface area contributed by atoms with Gasteiger partial charge in [0.25, 0.3) is 0 Å². The van der Waals surface area contributed by atoms with Gasteiger partial charge in [-0.1, -0.05) is 0 Å². The van der Waals surface area contributed by atoms with Gasteiger partial charge in [0.05, 0.1) is 25.4 Å². The van der Waals surface area contributed by atoms with Crippen LogP contribution in [-0.4, -0.2) is 81.1 Å². The largest absolute Gasteiger partial charge is 0.390 e. The lowest BCUT2D eigenvalue weighted by molar-refractivity contribution is -0.0339. The molecule has 0 radical (unpaired) electrons. The van der Waals surface area contributed by atoms with E-state index in [1.807, 2.05) is 13.8 Å². The molecule has 0 aromatic carbocycles. The number of aliphatic hydroxyl groups is 1. The molecule has 3 saturated heterocycles. The average Bonchev–Trinajstić information content (AvgIpc) is 3.17. The van der Waals surface area contributed by atoms with Crippen LogP contribution in [0.15, 0.2) is 0 Å². The molecule has 0 amide bonds. The molecule has 1 N–H and O–H groups in total. The van der Waals surface area contributed by atoms with Crippen molar-refractivity contribution >= 4 is 28.6 Å². The van der Waals surface area contributed by atoms with Crippen LogP contribution < -0.4 is 4.90 Å². The second-order valence-corrected chi connectivity index (χ2v) is 10.3. The Balaban J connectivity index is 1.49. The molecular formula is C23H35ClN6O3. The van der Waals surface area contributed by atoms with Crippen LogP contribution in [0.1, 0.15) is 58.0 Å². The number of hydrogen-bond acceptors (Lipinski definition) is 8. The Bertz CT molecular complexity index is 957. The van der Waals surface area contributed by atoms with Crippen LogP contribution in [-0.2, 0) is 16.0 Å². The number of imidazole rings is 1. The number of anilines is 1. The van der Waals surface area contributed by atoms with E-state index < -0.39 is 5.60 Å². The Morgan fingerprint density at radius 1 is 1.00 bits per heavy atom. The van der Waals surface area contributed by atoms with Gasteiger partial charge in [0.2, 0.25) is 5.28 Å². The molecule has 3 fully saturated rings. The molecule has 2 aromatic heterocycles. The van der Waals surface area contributed by atoms with Gasteiger partial charge in [-0.05, 0) is 76.6 Å².